The number of benzene rings is 1. The molecule has 0 bridgehead atoms. The number of hydrogen-bond acceptors (Lipinski definition) is 7. The number of hydrogen-bond donors (Lipinski definition) is 3. The van der Waals surface area contributed by atoms with Gasteiger partial charge in [-0.15, -0.1) is 0 Å². The van der Waals surface area contributed by atoms with Crippen LogP contribution in [0.5, 0.6) is 0 Å². The lowest BCUT2D eigenvalue weighted by Crippen LogP contribution is -2.35. The normalized spacial score (nSPS) is 12.7. The van der Waals surface area contributed by atoms with Gasteiger partial charge in [0.25, 0.3) is 0 Å². The highest BCUT2D eigenvalue weighted by atomic mass is 16.5. The number of nitrogens with one attached hydrogen (secondary N) is 1. The Hall–Kier alpha value is -2.97. The van der Waals surface area contributed by atoms with Gasteiger partial charge in [0.15, 0.2) is 0 Å². The highest BCUT2D eigenvalue weighted by Gasteiger charge is 2.21. The first-order chi connectivity index (χ1) is 13.0. The van der Waals surface area contributed by atoms with Gasteiger partial charge >= 0.3 is 12.1 Å². The van der Waals surface area contributed by atoms with Crippen molar-refractivity contribution in [1.82, 2.24) is 10.3 Å². The molecule has 0 aliphatic heterocycles. The number of aliphatic hydroxyl groups is 2. The molecule has 0 aliphatic carbocycles. The molecule has 0 saturated heterocycles. The van der Waals surface area contributed by atoms with Gasteiger partial charge in [0.1, 0.15) is 18.8 Å². The largest absolute Gasteiger partial charge is 0.462 e. The van der Waals surface area contributed by atoms with E-state index in [1.54, 1.807) is 6.92 Å². The molecule has 2 atom stereocenters. The summed E-state index contributed by atoms with van der Waals surface area (Å²) in [5.41, 5.74) is 1.22. The lowest BCUT2D eigenvalue weighted by Gasteiger charge is -2.18. The van der Waals surface area contributed by atoms with Crippen LogP contribution in [0.15, 0.2) is 48.8 Å². The first kappa shape index (κ1) is 20.3. The molecule has 8 heteroatoms. The number of amides is 1. The first-order valence-corrected chi connectivity index (χ1v) is 8.44. The fourth-order valence-electron chi connectivity index (χ4n) is 2.24. The molecular formula is C19H22N2O6. The van der Waals surface area contributed by atoms with Gasteiger partial charge in [0.2, 0.25) is 0 Å². The van der Waals surface area contributed by atoms with E-state index in [1.165, 1.54) is 18.5 Å². The van der Waals surface area contributed by atoms with E-state index in [0.29, 0.717) is 0 Å². The van der Waals surface area contributed by atoms with Crippen LogP contribution in [0.25, 0.3) is 0 Å². The molecule has 8 nitrogen and oxygen atoms in total. The van der Waals surface area contributed by atoms with Crippen molar-refractivity contribution in [3.8, 4) is 0 Å². The molecule has 2 unspecified atom stereocenters. The van der Waals surface area contributed by atoms with Crippen LogP contribution in [0, 0.1) is 0 Å². The molecule has 0 fully saturated rings. The van der Waals surface area contributed by atoms with Crippen molar-refractivity contribution >= 4 is 12.1 Å². The quantitative estimate of drug-likeness (QED) is 0.600. The van der Waals surface area contributed by atoms with Gasteiger partial charge in [-0.3, -0.25) is 4.98 Å². The maximum Gasteiger partial charge on any atom is 0.407 e. The Morgan fingerprint density at radius 1 is 1.15 bits per heavy atom. The topological polar surface area (TPSA) is 118 Å². The minimum absolute atomic E-state index is 0.0941. The number of carbonyl (C=O) groups is 2. The van der Waals surface area contributed by atoms with Crippen LogP contribution in [0.3, 0.4) is 0 Å². The lowest BCUT2D eigenvalue weighted by atomic mass is 10.0. The smallest absolute Gasteiger partial charge is 0.407 e. The molecule has 0 radical (unpaired) electrons. The molecule has 1 aromatic carbocycles. The van der Waals surface area contributed by atoms with Crippen molar-refractivity contribution in [2.24, 2.45) is 0 Å². The van der Waals surface area contributed by atoms with Gasteiger partial charge in [-0.25, -0.2) is 9.59 Å². The predicted octanol–water partition coefficient (Wildman–Crippen LogP) is 1.58. The zero-order chi connectivity index (χ0) is 19.6. The number of ether oxygens (including phenoxy) is 2. The molecule has 0 saturated carbocycles. The predicted molar refractivity (Wildman–Crippen MR) is 95.8 cm³/mol. The molecule has 3 N–H and O–H groups in total. The van der Waals surface area contributed by atoms with Gasteiger partial charge < -0.3 is 25.0 Å². The minimum Gasteiger partial charge on any atom is -0.462 e. The Bertz CT molecular complexity index is 753. The summed E-state index contributed by atoms with van der Waals surface area (Å²) in [6.07, 6.45) is -0.747. The van der Waals surface area contributed by atoms with E-state index >= 15 is 0 Å². The fraction of sp³-hybridized carbons (Fsp3) is 0.316. The summed E-state index contributed by atoms with van der Waals surface area (Å²) in [6.45, 7) is 1.74. The Morgan fingerprint density at radius 2 is 1.89 bits per heavy atom. The number of nitrogens with zero attached hydrogens (tertiary/aromatic N) is 1. The van der Waals surface area contributed by atoms with Crippen LogP contribution in [0.1, 0.15) is 34.5 Å². The summed E-state index contributed by atoms with van der Waals surface area (Å²) in [6, 6.07) is 10.5. The van der Waals surface area contributed by atoms with E-state index in [1.807, 2.05) is 30.3 Å². The number of esters is 1. The molecule has 0 aliphatic rings. The summed E-state index contributed by atoms with van der Waals surface area (Å²) in [5, 5.41) is 22.7. The standard InChI is InChI=1S/C19H22N2O6/c1-2-26-18(24)15-8-14(9-20-10-15)17(23)16(22)11-21-19(25)27-12-13-6-4-3-5-7-13/h3-10,16-17,22-23H,2,11-12H2,1H3,(H,21,25). The van der Waals surface area contributed by atoms with Crippen LogP contribution < -0.4 is 5.32 Å². The molecule has 2 rings (SSSR count). The van der Waals surface area contributed by atoms with E-state index < -0.39 is 24.3 Å². The maximum atomic E-state index is 11.7. The van der Waals surface area contributed by atoms with E-state index in [-0.39, 0.29) is 30.9 Å². The highest BCUT2D eigenvalue weighted by Crippen LogP contribution is 2.17. The maximum absolute atomic E-state index is 11.7. The molecular weight excluding hydrogens is 352 g/mol. The third-order valence-corrected chi connectivity index (χ3v) is 3.64. The molecule has 0 spiro atoms. The van der Waals surface area contributed by atoms with Crippen LogP contribution in [0.2, 0.25) is 0 Å². The monoisotopic (exact) mass is 374 g/mol. The SMILES string of the molecule is CCOC(=O)c1cncc(C(O)C(O)CNC(=O)OCc2ccccc2)c1. The Kier molecular flexibility index (Phi) is 7.72. The Morgan fingerprint density at radius 3 is 2.59 bits per heavy atom. The molecule has 27 heavy (non-hydrogen) atoms. The highest BCUT2D eigenvalue weighted by molar-refractivity contribution is 5.89. The average molecular weight is 374 g/mol. The summed E-state index contributed by atoms with van der Waals surface area (Å²) in [5.74, 6) is -0.573. The van der Waals surface area contributed by atoms with Gasteiger partial charge in [-0.05, 0) is 18.6 Å². The third-order valence-electron chi connectivity index (χ3n) is 3.64. The Labute approximate surface area is 156 Å². The first-order valence-electron chi connectivity index (χ1n) is 8.44. The second kappa shape index (κ2) is 10.2. The molecule has 1 amide bonds. The Balaban J connectivity index is 1.84. The fourth-order valence-corrected chi connectivity index (χ4v) is 2.24. The lowest BCUT2D eigenvalue weighted by molar-refractivity contribution is 0.0181. The second-order valence-electron chi connectivity index (χ2n) is 5.68. The molecule has 2 aromatic rings. The van der Waals surface area contributed by atoms with Gasteiger partial charge in [-0.1, -0.05) is 30.3 Å². The van der Waals surface area contributed by atoms with Crippen molar-refractivity contribution in [2.45, 2.75) is 25.7 Å². The van der Waals surface area contributed by atoms with Crippen molar-refractivity contribution < 1.29 is 29.3 Å². The van der Waals surface area contributed by atoms with Crippen molar-refractivity contribution in [3.63, 3.8) is 0 Å². The van der Waals surface area contributed by atoms with Crippen LogP contribution in [0.4, 0.5) is 4.79 Å². The van der Waals surface area contributed by atoms with E-state index in [4.69, 9.17) is 9.47 Å². The van der Waals surface area contributed by atoms with Gasteiger partial charge in [-0.2, -0.15) is 0 Å². The number of pyridine rings is 1. The average Bonchev–Trinajstić information content (AvgIpc) is 2.71. The summed E-state index contributed by atoms with van der Waals surface area (Å²) >= 11 is 0. The molecule has 144 valence electrons. The van der Waals surface area contributed by atoms with Gasteiger partial charge in [0.05, 0.1) is 12.2 Å². The van der Waals surface area contributed by atoms with Crippen LogP contribution >= 0.6 is 0 Å². The zero-order valence-electron chi connectivity index (χ0n) is 14.9. The zero-order valence-corrected chi connectivity index (χ0v) is 14.9. The molecule has 1 aromatic heterocycles. The summed E-state index contributed by atoms with van der Waals surface area (Å²) in [4.78, 5) is 27.3. The van der Waals surface area contributed by atoms with Crippen molar-refractivity contribution in [2.75, 3.05) is 13.2 Å². The minimum atomic E-state index is -1.35. The number of rotatable bonds is 8. The number of carbonyl (C=O) groups excluding carboxylic acids is 2. The number of aliphatic hydroxyl groups excluding tert-OH is 2. The van der Waals surface area contributed by atoms with Crippen LogP contribution in [-0.2, 0) is 16.1 Å². The van der Waals surface area contributed by atoms with E-state index in [2.05, 4.69) is 10.3 Å². The van der Waals surface area contributed by atoms with Crippen molar-refractivity contribution in [3.05, 3.63) is 65.5 Å². The second-order valence-corrected chi connectivity index (χ2v) is 5.68. The van der Waals surface area contributed by atoms with Crippen molar-refractivity contribution in [1.29, 1.82) is 0 Å². The summed E-state index contributed by atoms with van der Waals surface area (Å²) in [7, 11) is 0. The summed E-state index contributed by atoms with van der Waals surface area (Å²) < 4.78 is 9.89. The van der Waals surface area contributed by atoms with Gasteiger partial charge in [0, 0.05) is 24.5 Å². The molecule has 1 heterocycles. The van der Waals surface area contributed by atoms with E-state index in [9.17, 15) is 19.8 Å². The number of alkyl carbamates (subject to hydrolysis) is 1. The number of aromatic nitrogens is 1. The van der Waals surface area contributed by atoms with E-state index in [0.717, 1.165) is 5.56 Å². The van der Waals surface area contributed by atoms with Crippen LogP contribution in [-0.4, -0.2) is 46.5 Å². The third kappa shape index (κ3) is 6.36.